The number of benzene rings is 2. The van der Waals surface area contributed by atoms with Crippen molar-refractivity contribution in [3.63, 3.8) is 0 Å². The van der Waals surface area contributed by atoms with E-state index in [9.17, 15) is 14.4 Å². The number of nitrogens with zero attached hydrogens (tertiary/aromatic N) is 2. The van der Waals surface area contributed by atoms with Crippen molar-refractivity contribution in [1.82, 2.24) is 15.1 Å². The Morgan fingerprint density at radius 1 is 1.03 bits per heavy atom. The summed E-state index contributed by atoms with van der Waals surface area (Å²) < 4.78 is 6.35. The number of amides is 1. The van der Waals surface area contributed by atoms with Gasteiger partial charge in [-0.05, 0) is 50.1 Å². The van der Waals surface area contributed by atoms with Crippen LogP contribution in [0, 0.1) is 13.8 Å². The number of rotatable bonds is 8. The average Bonchev–Trinajstić information content (AvgIpc) is 2.81. The van der Waals surface area contributed by atoms with Crippen molar-refractivity contribution < 1.29 is 19.4 Å². The Morgan fingerprint density at radius 2 is 1.74 bits per heavy atom. The first-order valence-corrected chi connectivity index (χ1v) is 11.1. The van der Waals surface area contributed by atoms with Crippen molar-refractivity contribution in [2.24, 2.45) is 0 Å². The molecule has 0 spiro atoms. The van der Waals surface area contributed by atoms with Crippen LogP contribution in [0.3, 0.4) is 0 Å². The van der Waals surface area contributed by atoms with Gasteiger partial charge in [0, 0.05) is 18.2 Å². The molecule has 8 nitrogen and oxygen atoms in total. The number of hydrogen-bond donors (Lipinski definition) is 2. The second kappa shape index (κ2) is 13.7. The number of aliphatic hydroxyl groups is 1. The van der Waals surface area contributed by atoms with E-state index in [2.05, 4.69) is 10.4 Å². The van der Waals surface area contributed by atoms with Gasteiger partial charge in [0.05, 0.1) is 31.9 Å². The third-order valence-electron chi connectivity index (χ3n) is 4.69. The first kappa shape index (κ1) is 26.5. The Bertz CT molecular complexity index is 1140. The van der Waals surface area contributed by atoms with Crippen molar-refractivity contribution in [2.75, 3.05) is 19.8 Å². The van der Waals surface area contributed by atoms with Crippen molar-refractivity contribution in [3.05, 3.63) is 99.0 Å². The lowest BCUT2D eigenvalue weighted by Gasteiger charge is -2.07. The van der Waals surface area contributed by atoms with Crippen LogP contribution < -0.4 is 10.9 Å². The summed E-state index contributed by atoms with van der Waals surface area (Å²) in [6.45, 7) is 6.62. The Morgan fingerprint density at radius 3 is 2.41 bits per heavy atom. The predicted molar refractivity (Wildman–Crippen MR) is 130 cm³/mol. The summed E-state index contributed by atoms with van der Waals surface area (Å²) in [5.41, 5.74) is 4.19. The molecule has 3 aromatic rings. The molecule has 1 heterocycles. The molecule has 2 aromatic carbocycles. The molecule has 1 aromatic heterocycles. The molecule has 34 heavy (non-hydrogen) atoms. The number of aliphatic hydroxyl groups excluding tert-OH is 1. The maximum absolute atomic E-state index is 11.7. The molecule has 2 N–H and O–H groups in total. The Labute approximate surface area is 199 Å². The first-order chi connectivity index (χ1) is 16.3. The summed E-state index contributed by atoms with van der Waals surface area (Å²) >= 11 is 0. The number of aryl methyl sites for hydroxylation is 2. The van der Waals surface area contributed by atoms with Gasteiger partial charge in [-0.3, -0.25) is 14.4 Å². The van der Waals surface area contributed by atoms with E-state index in [1.807, 2.05) is 50.2 Å². The summed E-state index contributed by atoms with van der Waals surface area (Å²) in [6, 6.07) is 18.0. The van der Waals surface area contributed by atoms with Crippen molar-refractivity contribution in [3.8, 4) is 0 Å². The summed E-state index contributed by atoms with van der Waals surface area (Å²) in [5.74, 6) is -0.394. The van der Waals surface area contributed by atoms with Crippen LogP contribution in [0.1, 0.15) is 39.7 Å². The molecule has 0 unspecified atom stereocenters. The summed E-state index contributed by atoms with van der Waals surface area (Å²) in [4.78, 5) is 34.5. The standard InChI is InChI=1S/C16H18N2O3.C10H13NO2/c1-3-21-16(20)10-13-5-4-6-14(9-13)11-18-15(19)8-7-12(2)17-18;1-8-2-4-9(5-3-8)10(13)11-6-7-12/h4-9H,3,10-11H2,1-2H3;2-5,12H,6-7H2,1H3,(H,11,13). The van der Waals surface area contributed by atoms with Crippen LogP contribution in [0.15, 0.2) is 65.5 Å². The van der Waals surface area contributed by atoms with Crippen LogP contribution in [-0.2, 0) is 22.5 Å². The Kier molecular flexibility index (Phi) is 10.7. The summed E-state index contributed by atoms with van der Waals surface area (Å²) in [7, 11) is 0. The SMILES string of the molecule is CCOC(=O)Cc1cccc(Cn2nc(C)ccc2=O)c1.Cc1ccc(C(=O)NCCO)cc1. The molecule has 1 amide bonds. The molecule has 0 bridgehead atoms. The number of esters is 1. The number of ether oxygens (including phenoxy) is 1. The predicted octanol–water partition coefficient (Wildman–Crippen LogP) is 2.42. The number of carbonyl (C=O) groups is 2. The van der Waals surface area contributed by atoms with Crippen LogP contribution in [0.5, 0.6) is 0 Å². The van der Waals surface area contributed by atoms with Crippen LogP contribution in [0.25, 0.3) is 0 Å². The minimum Gasteiger partial charge on any atom is -0.466 e. The quantitative estimate of drug-likeness (QED) is 0.495. The first-order valence-electron chi connectivity index (χ1n) is 11.1. The highest BCUT2D eigenvalue weighted by Gasteiger charge is 2.06. The largest absolute Gasteiger partial charge is 0.466 e. The fourth-order valence-electron chi connectivity index (χ4n) is 3.03. The van der Waals surface area contributed by atoms with Gasteiger partial charge in [0.2, 0.25) is 0 Å². The topological polar surface area (TPSA) is 111 Å². The van der Waals surface area contributed by atoms with Gasteiger partial charge >= 0.3 is 5.97 Å². The van der Waals surface area contributed by atoms with Crippen molar-refractivity contribution >= 4 is 11.9 Å². The number of hydrogen-bond acceptors (Lipinski definition) is 6. The average molecular weight is 466 g/mol. The fraction of sp³-hybridized carbons (Fsp3) is 0.308. The third kappa shape index (κ3) is 8.99. The Hall–Kier alpha value is -3.78. The maximum atomic E-state index is 11.7. The molecule has 0 saturated carbocycles. The molecule has 0 fully saturated rings. The number of nitrogens with one attached hydrogen (secondary N) is 1. The van der Waals surface area contributed by atoms with Gasteiger partial charge in [0.1, 0.15) is 0 Å². The van der Waals surface area contributed by atoms with E-state index in [0.717, 1.165) is 22.4 Å². The van der Waals surface area contributed by atoms with Crippen LogP contribution in [0.4, 0.5) is 0 Å². The van der Waals surface area contributed by atoms with E-state index in [0.29, 0.717) is 25.3 Å². The van der Waals surface area contributed by atoms with Crippen LogP contribution in [-0.4, -0.2) is 46.5 Å². The van der Waals surface area contributed by atoms with E-state index in [-0.39, 0.29) is 30.5 Å². The highest BCUT2D eigenvalue weighted by Crippen LogP contribution is 2.08. The molecule has 0 radical (unpaired) electrons. The second-order valence-electron chi connectivity index (χ2n) is 7.62. The molecule has 0 aliphatic carbocycles. The molecule has 180 valence electrons. The van der Waals surface area contributed by atoms with Gasteiger partial charge in [-0.2, -0.15) is 5.10 Å². The van der Waals surface area contributed by atoms with Gasteiger partial charge in [-0.15, -0.1) is 0 Å². The molecule has 3 rings (SSSR count). The van der Waals surface area contributed by atoms with Gasteiger partial charge < -0.3 is 15.2 Å². The van der Waals surface area contributed by atoms with E-state index in [1.54, 1.807) is 25.1 Å². The zero-order valence-electron chi connectivity index (χ0n) is 19.8. The molecule has 0 atom stereocenters. The zero-order valence-corrected chi connectivity index (χ0v) is 19.8. The Balaban J connectivity index is 0.000000270. The summed E-state index contributed by atoms with van der Waals surface area (Å²) in [5, 5.41) is 15.3. The lowest BCUT2D eigenvalue weighted by atomic mass is 10.1. The van der Waals surface area contributed by atoms with E-state index in [4.69, 9.17) is 9.84 Å². The third-order valence-corrected chi connectivity index (χ3v) is 4.69. The maximum Gasteiger partial charge on any atom is 0.310 e. The summed E-state index contributed by atoms with van der Waals surface area (Å²) in [6.07, 6.45) is 0.234. The van der Waals surface area contributed by atoms with Gasteiger partial charge in [-0.1, -0.05) is 42.0 Å². The minimum absolute atomic E-state index is 0.0302. The molecule has 0 aliphatic rings. The molecule has 8 heteroatoms. The number of aromatic nitrogens is 2. The zero-order chi connectivity index (χ0) is 24.9. The molecule has 0 aliphatic heterocycles. The van der Waals surface area contributed by atoms with E-state index >= 15 is 0 Å². The van der Waals surface area contributed by atoms with Gasteiger partial charge in [0.15, 0.2) is 0 Å². The number of carbonyl (C=O) groups excluding carboxylic acids is 2. The normalized spacial score (nSPS) is 10.1. The minimum atomic E-state index is -0.250. The molecular weight excluding hydrogens is 434 g/mol. The van der Waals surface area contributed by atoms with E-state index in [1.165, 1.54) is 10.7 Å². The van der Waals surface area contributed by atoms with Gasteiger partial charge in [-0.25, -0.2) is 4.68 Å². The smallest absolute Gasteiger partial charge is 0.310 e. The van der Waals surface area contributed by atoms with Crippen molar-refractivity contribution in [2.45, 2.75) is 33.7 Å². The molecule has 0 saturated heterocycles. The highest BCUT2D eigenvalue weighted by atomic mass is 16.5. The lowest BCUT2D eigenvalue weighted by molar-refractivity contribution is -0.142. The van der Waals surface area contributed by atoms with Crippen LogP contribution in [0.2, 0.25) is 0 Å². The molecular formula is C26H31N3O5. The second-order valence-corrected chi connectivity index (χ2v) is 7.62. The van der Waals surface area contributed by atoms with Crippen LogP contribution >= 0.6 is 0 Å². The fourth-order valence-corrected chi connectivity index (χ4v) is 3.03. The van der Waals surface area contributed by atoms with Gasteiger partial charge in [0.25, 0.3) is 11.5 Å². The lowest BCUT2D eigenvalue weighted by Crippen LogP contribution is -2.26. The van der Waals surface area contributed by atoms with E-state index < -0.39 is 0 Å². The van der Waals surface area contributed by atoms with Crippen molar-refractivity contribution in [1.29, 1.82) is 0 Å². The monoisotopic (exact) mass is 465 g/mol. The highest BCUT2D eigenvalue weighted by molar-refractivity contribution is 5.94.